The summed E-state index contributed by atoms with van der Waals surface area (Å²) in [7, 11) is 0. The number of nitrogens with one attached hydrogen (secondary N) is 2. The van der Waals surface area contributed by atoms with Crippen molar-refractivity contribution in [2.75, 3.05) is 32.8 Å². The Morgan fingerprint density at radius 3 is 2.70 bits per heavy atom. The predicted octanol–water partition coefficient (Wildman–Crippen LogP) is 2.09. The highest BCUT2D eigenvalue weighted by Crippen LogP contribution is 2.40. The molecule has 2 saturated carbocycles. The Morgan fingerprint density at radius 2 is 2.05 bits per heavy atom. The number of carbonyl (C=O) groups is 1. The van der Waals surface area contributed by atoms with Gasteiger partial charge in [0.25, 0.3) is 0 Å². The lowest BCUT2D eigenvalue weighted by Gasteiger charge is -2.29. The molecule has 0 spiro atoms. The topological polar surface area (TPSA) is 50.4 Å². The summed E-state index contributed by atoms with van der Waals surface area (Å²) in [5.74, 6) is 0.975. The van der Waals surface area contributed by atoms with Gasteiger partial charge < -0.3 is 15.4 Å². The van der Waals surface area contributed by atoms with Crippen molar-refractivity contribution >= 4 is 5.91 Å². The number of amides is 1. The first-order chi connectivity index (χ1) is 9.74. The van der Waals surface area contributed by atoms with Crippen LogP contribution in [0.3, 0.4) is 0 Å². The summed E-state index contributed by atoms with van der Waals surface area (Å²) >= 11 is 0. The largest absolute Gasteiger partial charge is 0.382 e. The average Bonchev–Trinajstić information content (AvgIpc) is 3.15. The zero-order chi connectivity index (χ0) is 14.3. The Kier molecular flexibility index (Phi) is 6.30. The van der Waals surface area contributed by atoms with E-state index < -0.39 is 0 Å². The maximum Gasteiger partial charge on any atom is 0.233 e. The molecule has 0 radical (unpaired) electrons. The summed E-state index contributed by atoms with van der Waals surface area (Å²) in [6, 6.07) is 0. The maximum atomic E-state index is 11.9. The first kappa shape index (κ1) is 15.8. The highest BCUT2D eigenvalue weighted by molar-refractivity contribution is 5.78. The second-order valence-corrected chi connectivity index (χ2v) is 6.51. The van der Waals surface area contributed by atoms with Gasteiger partial charge in [0.2, 0.25) is 5.91 Å². The van der Waals surface area contributed by atoms with E-state index >= 15 is 0 Å². The Labute approximate surface area is 123 Å². The molecule has 0 aliphatic heterocycles. The van der Waals surface area contributed by atoms with Crippen molar-refractivity contribution in [2.45, 2.75) is 51.9 Å². The van der Waals surface area contributed by atoms with Crippen LogP contribution in [-0.4, -0.2) is 38.8 Å². The van der Waals surface area contributed by atoms with Crippen LogP contribution in [0.2, 0.25) is 0 Å². The van der Waals surface area contributed by atoms with E-state index in [9.17, 15) is 4.79 Å². The van der Waals surface area contributed by atoms with Gasteiger partial charge in [-0.1, -0.05) is 12.8 Å². The molecule has 0 bridgehead atoms. The van der Waals surface area contributed by atoms with E-state index in [1.807, 2.05) is 6.92 Å². The predicted molar refractivity (Wildman–Crippen MR) is 80.6 cm³/mol. The van der Waals surface area contributed by atoms with E-state index in [-0.39, 0.29) is 5.91 Å². The Hall–Kier alpha value is -0.610. The molecule has 4 heteroatoms. The average molecular weight is 282 g/mol. The smallest absolute Gasteiger partial charge is 0.233 e. The van der Waals surface area contributed by atoms with Crippen LogP contribution in [0, 0.1) is 11.3 Å². The third-order valence-corrected chi connectivity index (χ3v) is 4.72. The van der Waals surface area contributed by atoms with Gasteiger partial charge in [0.15, 0.2) is 0 Å². The minimum atomic E-state index is 0.147. The molecule has 0 aromatic heterocycles. The number of hydrogen-bond donors (Lipinski definition) is 2. The molecule has 0 saturated heterocycles. The van der Waals surface area contributed by atoms with Gasteiger partial charge in [-0.15, -0.1) is 0 Å². The van der Waals surface area contributed by atoms with Crippen LogP contribution >= 0.6 is 0 Å². The molecule has 1 amide bonds. The fraction of sp³-hybridized carbons (Fsp3) is 0.938. The summed E-state index contributed by atoms with van der Waals surface area (Å²) in [5.41, 5.74) is 0.293. The van der Waals surface area contributed by atoms with Crippen molar-refractivity contribution in [1.29, 1.82) is 0 Å². The molecule has 0 unspecified atom stereocenters. The summed E-state index contributed by atoms with van der Waals surface area (Å²) < 4.78 is 5.50. The van der Waals surface area contributed by atoms with Crippen LogP contribution in [0.25, 0.3) is 0 Å². The molecular weight excluding hydrogens is 252 g/mol. The molecule has 0 atom stereocenters. The minimum absolute atomic E-state index is 0.147. The van der Waals surface area contributed by atoms with E-state index in [1.165, 1.54) is 38.5 Å². The number of hydrogen-bond acceptors (Lipinski definition) is 3. The van der Waals surface area contributed by atoms with Gasteiger partial charge in [-0.05, 0) is 56.9 Å². The van der Waals surface area contributed by atoms with Crippen molar-refractivity contribution in [2.24, 2.45) is 11.3 Å². The monoisotopic (exact) mass is 282 g/mol. The zero-order valence-electron chi connectivity index (χ0n) is 12.9. The third-order valence-electron chi connectivity index (χ3n) is 4.72. The SMILES string of the molecule is CCOCCC1(CNC(=O)CNCC2CC2)CCCC1. The van der Waals surface area contributed by atoms with Crippen molar-refractivity contribution in [3.05, 3.63) is 0 Å². The molecule has 2 rings (SSSR count). The lowest BCUT2D eigenvalue weighted by molar-refractivity contribution is -0.120. The molecule has 2 aliphatic rings. The Morgan fingerprint density at radius 1 is 1.30 bits per heavy atom. The van der Waals surface area contributed by atoms with Crippen LogP contribution in [0.1, 0.15) is 51.9 Å². The summed E-state index contributed by atoms with van der Waals surface area (Å²) in [6.45, 7) is 5.94. The normalized spacial score (nSPS) is 21.1. The first-order valence-electron chi connectivity index (χ1n) is 8.29. The summed E-state index contributed by atoms with van der Waals surface area (Å²) in [5, 5.41) is 6.38. The quantitative estimate of drug-likeness (QED) is 0.603. The van der Waals surface area contributed by atoms with E-state index in [4.69, 9.17) is 4.74 Å². The first-order valence-corrected chi connectivity index (χ1v) is 8.29. The van der Waals surface area contributed by atoms with E-state index in [2.05, 4.69) is 10.6 Å². The van der Waals surface area contributed by atoms with Crippen molar-refractivity contribution in [1.82, 2.24) is 10.6 Å². The Bertz CT molecular complexity index is 297. The van der Waals surface area contributed by atoms with Gasteiger partial charge >= 0.3 is 0 Å². The fourth-order valence-electron chi connectivity index (χ4n) is 3.13. The Balaban J connectivity index is 1.63. The molecule has 2 fully saturated rings. The maximum absolute atomic E-state index is 11.9. The lowest BCUT2D eigenvalue weighted by Crippen LogP contribution is -2.41. The van der Waals surface area contributed by atoms with Gasteiger partial charge in [-0.25, -0.2) is 0 Å². The molecule has 0 heterocycles. The van der Waals surface area contributed by atoms with Crippen molar-refractivity contribution in [3.8, 4) is 0 Å². The second-order valence-electron chi connectivity index (χ2n) is 6.51. The van der Waals surface area contributed by atoms with E-state index in [1.54, 1.807) is 0 Å². The van der Waals surface area contributed by atoms with Gasteiger partial charge in [-0.3, -0.25) is 4.79 Å². The molecule has 2 aliphatic carbocycles. The van der Waals surface area contributed by atoms with Crippen LogP contribution < -0.4 is 10.6 Å². The number of rotatable bonds is 10. The van der Waals surface area contributed by atoms with Crippen LogP contribution in [0.15, 0.2) is 0 Å². The zero-order valence-corrected chi connectivity index (χ0v) is 12.9. The van der Waals surface area contributed by atoms with Crippen LogP contribution in [-0.2, 0) is 9.53 Å². The van der Waals surface area contributed by atoms with Gasteiger partial charge in [0.1, 0.15) is 0 Å². The molecule has 2 N–H and O–H groups in total. The molecular formula is C16H30N2O2. The third kappa shape index (κ3) is 5.41. The second kappa shape index (κ2) is 7.99. The fourth-order valence-corrected chi connectivity index (χ4v) is 3.13. The molecule has 116 valence electrons. The van der Waals surface area contributed by atoms with E-state index in [0.29, 0.717) is 12.0 Å². The lowest BCUT2D eigenvalue weighted by atomic mass is 9.83. The molecule has 4 nitrogen and oxygen atoms in total. The molecule has 20 heavy (non-hydrogen) atoms. The standard InChI is InChI=1S/C16H30N2O2/c1-2-20-10-9-16(7-3-4-8-16)13-18-15(19)12-17-11-14-5-6-14/h14,17H,2-13H2,1H3,(H,18,19). The van der Waals surface area contributed by atoms with Gasteiger partial charge in [-0.2, -0.15) is 0 Å². The van der Waals surface area contributed by atoms with Crippen molar-refractivity contribution in [3.63, 3.8) is 0 Å². The summed E-state index contributed by atoms with van der Waals surface area (Å²) in [4.78, 5) is 11.9. The minimum Gasteiger partial charge on any atom is -0.382 e. The highest BCUT2D eigenvalue weighted by Gasteiger charge is 2.33. The van der Waals surface area contributed by atoms with Gasteiger partial charge in [0.05, 0.1) is 6.54 Å². The van der Waals surface area contributed by atoms with Gasteiger partial charge in [0, 0.05) is 19.8 Å². The highest BCUT2D eigenvalue weighted by atomic mass is 16.5. The molecule has 0 aromatic carbocycles. The van der Waals surface area contributed by atoms with Crippen LogP contribution in [0.5, 0.6) is 0 Å². The van der Waals surface area contributed by atoms with Crippen LogP contribution in [0.4, 0.5) is 0 Å². The molecule has 0 aromatic rings. The van der Waals surface area contributed by atoms with Crippen molar-refractivity contribution < 1.29 is 9.53 Å². The number of carbonyl (C=O) groups excluding carboxylic acids is 1. The van der Waals surface area contributed by atoms with E-state index in [0.717, 1.165) is 38.6 Å². The summed E-state index contributed by atoms with van der Waals surface area (Å²) in [6.07, 6.45) is 8.79. The number of ether oxygens (including phenoxy) is 1.